The summed E-state index contributed by atoms with van der Waals surface area (Å²) in [5.74, 6) is 1.63. The summed E-state index contributed by atoms with van der Waals surface area (Å²) < 4.78 is 5.85. The molecule has 0 radical (unpaired) electrons. The summed E-state index contributed by atoms with van der Waals surface area (Å²) in [6.45, 7) is 2.45. The monoisotopic (exact) mass is 383 g/mol. The van der Waals surface area contributed by atoms with Gasteiger partial charge in [-0.3, -0.25) is 0 Å². The van der Waals surface area contributed by atoms with Crippen molar-refractivity contribution in [1.29, 1.82) is 0 Å². The molecule has 0 aliphatic heterocycles. The molecule has 0 bridgehead atoms. The quantitative estimate of drug-likeness (QED) is 0.484. The maximum absolute atomic E-state index is 5.85. The molecule has 4 N–H and O–H groups in total. The summed E-state index contributed by atoms with van der Waals surface area (Å²) in [6, 6.07) is 15.6. The number of rotatable bonds is 4. The minimum atomic E-state index is 0. The zero-order chi connectivity index (χ0) is 13.7. The van der Waals surface area contributed by atoms with Crippen LogP contribution >= 0.6 is 24.0 Å². The number of nitrogens with zero attached hydrogens (tertiary/aromatic N) is 1. The van der Waals surface area contributed by atoms with Gasteiger partial charge in [-0.15, -0.1) is 24.0 Å². The van der Waals surface area contributed by atoms with E-state index in [1.54, 1.807) is 0 Å². The van der Waals surface area contributed by atoms with Gasteiger partial charge in [-0.2, -0.15) is 0 Å². The Hall–Kier alpha value is -1.76. The van der Waals surface area contributed by atoms with Gasteiger partial charge in [0.1, 0.15) is 11.5 Å². The molecular weight excluding hydrogens is 365 g/mol. The van der Waals surface area contributed by atoms with Crippen LogP contribution in [-0.2, 0) is 6.54 Å². The third kappa shape index (κ3) is 4.73. The maximum Gasteiger partial charge on any atom is 0.186 e. The zero-order valence-corrected chi connectivity index (χ0v) is 13.6. The van der Waals surface area contributed by atoms with Crippen molar-refractivity contribution in [3.63, 3.8) is 0 Å². The third-order valence-electron chi connectivity index (χ3n) is 2.65. The molecule has 0 saturated carbocycles. The van der Waals surface area contributed by atoms with Crippen LogP contribution in [0.1, 0.15) is 11.1 Å². The van der Waals surface area contributed by atoms with Crippen molar-refractivity contribution in [1.82, 2.24) is 0 Å². The molecule has 0 aliphatic carbocycles. The summed E-state index contributed by atoms with van der Waals surface area (Å²) in [5, 5.41) is 0. The molecule has 4 nitrogen and oxygen atoms in total. The first-order chi connectivity index (χ1) is 9.15. The smallest absolute Gasteiger partial charge is 0.186 e. The summed E-state index contributed by atoms with van der Waals surface area (Å²) in [5.41, 5.74) is 12.8. The number of para-hydroxylation sites is 1. The van der Waals surface area contributed by atoms with Gasteiger partial charge >= 0.3 is 0 Å². The first-order valence-electron chi connectivity index (χ1n) is 6.03. The van der Waals surface area contributed by atoms with Crippen LogP contribution in [0.15, 0.2) is 53.5 Å². The number of aliphatic imine (C=N–C) groups is 1. The Balaban J connectivity index is 0.00000200. The fourth-order valence-electron chi connectivity index (χ4n) is 1.64. The molecule has 5 heteroatoms. The van der Waals surface area contributed by atoms with Crippen LogP contribution in [0.5, 0.6) is 11.5 Å². The van der Waals surface area contributed by atoms with Crippen LogP contribution in [0.25, 0.3) is 0 Å². The molecule has 20 heavy (non-hydrogen) atoms. The third-order valence-corrected chi connectivity index (χ3v) is 2.65. The van der Waals surface area contributed by atoms with Crippen LogP contribution in [0, 0.1) is 6.92 Å². The van der Waals surface area contributed by atoms with E-state index in [4.69, 9.17) is 16.2 Å². The van der Waals surface area contributed by atoms with Gasteiger partial charge in [-0.1, -0.05) is 35.9 Å². The van der Waals surface area contributed by atoms with Crippen molar-refractivity contribution in [3.8, 4) is 11.5 Å². The van der Waals surface area contributed by atoms with Gasteiger partial charge in [0, 0.05) is 5.56 Å². The van der Waals surface area contributed by atoms with Crippen LogP contribution in [0.2, 0.25) is 0 Å². The summed E-state index contributed by atoms with van der Waals surface area (Å²) >= 11 is 0. The molecule has 0 atom stereocenters. The lowest BCUT2D eigenvalue weighted by molar-refractivity contribution is 0.476. The lowest BCUT2D eigenvalue weighted by Gasteiger charge is -2.10. The average Bonchev–Trinajstić information content (AvgIpc) is 2.40. The Bertz CT molecular complexity index is 578. The molecule has 0 amide bonds. The number of benzene rings is 2. The van der Waals surface area contributed by atoms with E-state index in [0.29, 0.717) is 6.54 Å². The number of aryl methyl sites for hydroxylation is 1. The first-order valence-corrected chi connectivity index (χ1v) is 6.03. The minimum Gasteiger partial charge on any atom is -0.457 e. The molecule has 2 aromatic carbocycles. The van der Waals surface area contributed by atoms with Crippen LogP contribution < -0.4 is 16.2 Å². The van der Waals surface area contributed by atoms with Gasteiger partial charge in [0.25, 0.3) is 0 Å². The van der Waals surface area contributed by atoms with E-state index in [2.05, 4.69) is 4.99 Å². The fraction of sp³-hybridized carbons (Fsp3) is 0.133. The second kappa shape index (κ2) is 7.74. The van der Waals surface area contributed by atoms with Gasteiger partial charge < -0.3 is 16.2 Å². The Morgan fingerprint density at radius 1 is 1.05 bits per heavy atom. The Morgan fingerprint density at radius 2 is 1.70 bits per heavy atom. The van der Waals surface area contributed by atoms with Gasteiger partial charge in [0.2, 0.25) is 0 Å². The molecular formula is C15H18IN3O. The second-order valence-corrected chi connectivity index (χ2v) is 4.26. The summed E-state index contributed by atoms with van der Waals surface area (Å²) in [4.78, 5) is 4.00. The second-order valence-electron chi connectivity index (χ2n) is 4.26. The Labute approximate surface area is 135 Å². The highest BCUT2D eigenvalue weighted by Crippen LogP contribution is 2.25. The molecule has 0 aliphatic rings. The largest absolute Gasteiger partial charge is 0.457 e. The minimum absolute atomic E-state index is 0. The number of guanidine groups is 1. The molecule has 2 aromatic rings. The normalized spacial score (nSPS) is 9.45. The van der Waals surface area contributed by atoms with Crippen LogP contribution in [0.4, 0.5) is 0 Å². The van der Waals surface area contributed by atoms with Gasteiger partial charge in [-0.25, -0.2) is 4.99 Å². The van der Waals surface area contributed by atoms with Crippen molar-refractivity contribution in [2.75, 3.05) is 0 Å². The lowest BCUT2D eigenvalue weighted by atomic mass is 10.2. The van der Waals surface area contributed by atoms with Crippen molar-refractivity contribution >= 4 is 29.9 Å². The number of ether oxygens (including phenoxy) is 1. The van der Waals surface area contributed by atoms with Gasteiger partial charge in [-0.05, 0) is 25.1 Å². The van der Waals surface area contributed by atoms with Crippen molar-refractivity contribution in [3.05, 3.63) is 59.7 Å². The number of hydrogen-bond acceptors (Lipinski definition) is 2. The van der Waals surface area contributed by atoms with E-state index in [1.807, 2.05) is 55.5 Å². The maximum atomic E-state index is 5.85. The van der Waals surface area contributed by atoms with E-state index in [0.717, 1.165) is 17.1 Å². The average molecular weight is 383 g/mol. The van der Waals surface area contributed by atoms with E-state index in [-0.39, 0.29) is 29.9 Å². The molecule has 0 aromatic heterocycles. The topological polar surface area (TPSA) is 73.6 Å². The van der Waals surface area contributed by atoms with E-state index >= 15 is 0 Å². The van der Waals surface area contributed by atoms with Crippen LogP contribution in [0.3, 0.4) is 0 Å². The summed E-state index contributed by atoms with van der Waals surface area (Å²) in [6.07, 6.45) is 0. The van der Waals surface area contributed by atoms with Gasteiger partial charge in [0.05, 0.1) is 6.54 Å². The lowest BCUT2D eigenvalue weighted by Crippen LogP contribution is -2.22. The van der Waals surface area contributed by atoms with E-state index in [9.17, 15) is 0 Å². The molecule has 0 saturated heterocycles. The fourth-order valence-corrected chi connectivity index (χ4v) is 1.64. The predicted octanol–water partition coefficient (Wildman–Crippen LogP) is 3.18. The molecule has 2 rings (SSSR count). The van der Waals surface area contributed by atoms with E-state index in [1.165, 1.54) is 5.56 Å². The van der Waals surface area contributed by atoms with Crippen molar-refractivity contribution < 1.29 is 4.74 Å². The molecule has 0 fully saturated rings. The predicted molar refractivity (Wildman–Crippen MR) is 92.6 cm³/mol. The number of halogens is 1. The highest BCUT2D eigenvalue weighted by Gasteiger charge is 2.03. The molecule has 0 spiro atoms. The van der Waals surface area contributed by atoms with Gasteiger partial charge in [0.15, 0.2) is 5.96 Å². The first kappa shape index (κ1) is 16.3. The molecule has 106 valence electrons. The number of nitrogens with two attached hydrogens (primary N) is 2. The molecule has 0 heterocycles. The van der Waals surface area contributed by atoms with Crippen LogP contribution in [-0.4, -0.2) is 5.96 Å². The Kier molecular flexibility index (Phi) is 6.30. The highest BCUT2D eigenvalue weighted by molar-refractivity contribution is 14.0. The van der Waals surface area contributed by atoms with E-state index < -0.39 is 0 Å². The summed E-state index contributed by atoms with van der Waals surface area (Å²) in [7, 11) is 0. The Morgan fingerprint density at radius 3 is 2.35 bits per heavy atom. The number of hydrogen-bond donors (Lipinski definition) is 2. The van der Waals surface area contributed by atoms with Crippen molar-refractivity contribution in [2.24, 2.45) is 16.5 Å². The standard InChI is InChI=1S/C15H17N3O.HI/c1-11-6-8-13(9-7-11)19-14-5-3-2-4-12(14)10-18-15(16)17;/h2-9H,10H2,1H3,(H4,16,17,18);1H. The van der Waals surface area contributed by atoms with Crippen molar-refractivity contribution in [2.45, 2.75) is 13.5 Å². The highest BCUT2D eigenvalue weighted by atomic mass is 127. The SMILES string of the molecule is Cc1ccc(Oc2ccccc2CN=C(N)N)cc1.I. The molecule has 0 unspecified atom stereocenters. The zero-order valence-electron chi connectivity index (χ0n) is 11.2.